The maximum atomic E-state index is 12.0. The molecule has 0 bridgehead atoms. The predicted molar refractivity (Wildman–Crippen MR) is 75.6 cm³/mol. The molecule has 0 radical (unpaired) electrons. The van der Waals surface area contributed by atoms with Crippen LogP contribution in [0.15, 0.2) is 0 Å². The number of nitrogens with one attached hydrogen (secondary N) is 1. The zero-order chi connectivity index (χ0) is 15.0. The molecule has 0 rings (SSSR count). The lowest BCUT2D eigenvalue weighted by molar-refractivity contribution is -0.137. The van der Waals surface area contributed by atoms with Crippen LogP contribution in [0.25, 0.3) is 0 Å². The Bertz CT molecular complexity index is 334. The maximum Gasteiger partial charge on any atom is 0.317 e. The van der Waals surface area contributed by atoms with Crippen molar-refractivity contribution in [1.29, 1.82) is 0 Å². The summed E-state index contributed by atoms with van der Waals surface area (Å²) in [4.78, 5) is 24.1. The Balaban J connectivity index is 4.32. The number of aliphatic carboxylic acids is 1. The highest BCUT2D eigenvalue weighted by Crippen LogP contribution is 2.03. The molecule has 6 nitrogen and oxygen atoms in total. The van der Waals surface area contributed by atoms with E-state index in [2.05, 4.69) is 5.32 Å². The summed E-state index contributed by atoms with van der Waals surface area (Å²) in [6.45, 7) is 5.96. The summed E-state index contributed by atoms with van der Waals surface area (Å²) in [5.74, 6) is -0.453. The molecule has 0 aliphatic heterocycles. The maximum absolute atomic E-state index is 12.0. The Morgan fingerprint density at radius 1 is 1.32 bits per heavy atom. The number of rotatable bonds is 8. The quantitative estimate of drug-likeness (QED) is 0.700. The molecule has 19 heavy (non-hydrogen) atoms. The lowest BCUT2D eigenvalue weighted by atomic mass is 10.2. The van der Waals surface area contributed by atoms with E-state index in [4.69, 9.17) is 5.11 Å². The Morgan fingerprint density at radius 2 is 1.89 bits per heavy atom. The molecule has 2 atom stereocenters. The number of nitrogens with zero attached hydrogens (tertiary/aromatic N) is 1. The molecule has 0 aromatic carbocycles. The van der Waals surface area contributed by atoms with Crippen molar-refractivity contribution in [2.45, 2.75) is 45.7 Å². The van der Waals surface area contributed by atoms with Gasteiger partial charge in [-0.2, -0.15) is 0 Å². The fraction of sp³-hybridized carbons (Fsp3) is 0.833. The van der Waals surface area contributed by atoms with Crippen LogP contribution >= 0.6 is 0 Å². The Kier molecular flexibility index (Phi) is 8.38. The molecule has 2 unspecified atom stereocenters. The molecule has 0 saturated heterocycles. The molecule has 0 fully saturated rings. The van der Waals surface area contributed by atoms with E-state index in [0.717, 1.165) is 0 Å². The van der Waals surface area contributed by atoms with E-state index in [1.54, 1.807) is 18.1 Å². The van der Waals surface area contributed by atoms with Crippen LogP contribution in [0, 0.1) is 0 Å². The number of carboxylic acid groups (broad SMARTS) is 1. The molecule has 0 saturated carbocycles. The Hall–Kier alpha value is -1.11. The topological polar surface area (TPSA) is 86.7 Å². The summed E-state index contributed by atoms with van der Waals surface area (Å²) in [6.07, 6.45) is 2.07. The van der Waals surface area contributed by atoms with Gasteiger partial charge in [0.05, 0.1) is 0 Å². The predicted octanol–water partition coefficient (Wildman–Crippen LogP) is 1.04. The first-order chi connectivity index (χ1) is 8.73. The standard InChI is InChI=1S/C12H24N2O4S/c1-9(2)14(7-5-6-11(15)16)12(17)13-10(3)8-19(4)18/h9-10H,5-8H2,1-4H3,(H,13,17)(H,15,16). The summed E-state index contributed by atoms with van der Waals surface area (Å²) in [5.41, 5.74) is 0. The van der Waals surface area contributed by atoms with Crippen LogP contribution in [-0.2, 0) is 15.6 Å². The smallest absolute Gasteiger partial charge is 0.317 e. The SMILES string of the molecule is CC(CS(C)=O)NC(=O)N(CCCC(=O)O)C(C)C. The van der Waals surface area contributed by atoms with Crippen LogP contribution in [0.2, 0.25) is 0 Å². The van der Waals surface area contributed by atoms with E-state index in [9.17, 15) is 13.8 Å². The fourth-order valence-corrected chi connectivity index (χ4v) is 2.47. The van der Waals surface area contributed by atoms with Crippen molar-refractivity contribution in [3.63, 3.8) is 0 Å². The molecule has 112 valence electrons. The third kappa shape index (κ3) is 8.58. The van der Waals surface area contributed by atoms with Crippen LogP contribution in [0.3, 0.4) is 0 Å². The summed E-state index contributed by atoms with van der Waals surface area (Å²) in [6, 6.07) is -0.412. The third-order valence-corrected chi connectivity index (χ3v) is 3.50. The molecule has 7 heteroatoms. The molecular formula is C12H24N2O4S. The summed E-state index contributed by atoms with van der Waals surface area (Å²) < 4.78 is 11.1. The van der Waals surface area contributed by atoms with Crippen LogP contribution in [-0.4, -0.2) is 56.9 Å². The number of hydrogen-bond acceptors (Lipinski definition) is 3. The lowest BCUT2D eigenvalue weighted by Gasteiger charge is -2.28. The monoisotopic (exact) mass is 292 g/mol. The van der Waals surface area contributed by atoms with Gasteiger partial charge in [-0.3, -0.25) is 9.00 Å². The lowest BCUT2D eigenvalue weighted by Crippen LogP contribution is -2.48. The molecule has 2 amide bonds. The van der Waals surface area contributed by atoms with Crippen molar-refractivity contribution in [2.75, 3.05) is 18.6 Å². The van der Waals surface area contributed by atoms with Crippen molar-refractivity contribution in [3.8, 4) is 0 Å². The first kappa shape index (κ1) is 17.9. The molecule has 0 aliphatic rings. The average molecular weight is 292 g/mol. The van der Waals surface area contributed by atoms with Gasteiger partial charge in [0.1, 0.15) is 0 Å². The van der Waals surface area contributed by atoms with Gasteiger partial charge in [0, 0.05) is 47.9 Å². The molecule has 0 aromatic rings. The van der Waals surface area contributed by atoms with Crippen molar-refractivity contribution in [3.05, 3.63) is 0 Å². The molecular weight excluding hydrogens is 268 g/mol. The molecule has 0 aromatic heterocycles. The van der Waals surface area contributed by atoms with E-state index >= 15 is 0 Å². The van der Waals surface area contributed by atoms with Crippen molar-refractivity contribution >= 4 is 22.8 Å². The van der Waals surface area contributed by atoms with Crippen molar-refractivity contribution < 1.29 is 18.9 Å². The van der Waals surface area contributed by atoms with E-state index < -0.39 is 16.8 Å². The fourth-order valence-electron chi connectivity index (χ4n) is 1.68. The zero-order valence-corrected chi connectivity index (χ0v) is 12.8. The Labute approximate surface area is 117 Å². The second kappa shape index (κ2) is 8.90. The number of carbonyl (C=O) groups is 2. The van der Waals surface area contributed by atoms with Gasteiger partial charge in [-0.25, -0.2) is 4.79 Å². The van der Waals surface area contributed by atoms with Crippen molar-refractivity contribution in [1.82, 2.24) is 10.2 Å². The molecule has 0 heterocycles. The van der Waals surface area contributed by atoms with Crippen LogP contribution < -0.4 is 5.32 Å². The van der Waals surface area contributed by atoms with Gasteiger partial charge < -0.3 is 15.3 Å². The van der Waals surface area contributed by atoms with Crippen molar-refractivity contribution in [2.24, 2.45) is 0 Å². The van der Waals surface area contributed by atoms with Crippen LogP contribution in [0.1, 0.15) is 33.6 Å². The number of carboxylic acids is 1. The highest BCUT2D eigenvalue weighted by Gasteiger charge is 2.19. The Morgan fingerprint density at radius 3 is 2.32 bits per heavy atom. The van der Waals surface area contributed by atoms with Gasteiger partial charge in [0.15, 0.2) is 0 Å². The highest BCUT2D eigenvalue weighted by atomic mass is 32.2. The number of urea groups is 1. The zero-order valence-electron chi connectivity index (χ0n) is 12.0. The third-order valence-electron chi connectivity index (χ3n) is 2.53. The first-order valence-corrected chi connectivity index (χ1v) is 8.05. The van der Waals surface area contributed by atoms with Gasteiger partial charge in [0.25, 0.3) is 0 Å². The highest BCUT2D eigenvalue weighted by molar-refractivity contribution is 7.84. The number of amides is 2. The van der Waals surface area contributed by atoms with E-state index in [0.29, 0.717) is 18.7 Å². The van der Waals surface area contributed by atoms with Crippen LogP contribution in [0.5, 0.6) is 0 Å². The minimum atomic E-state index is -0.958. The van der Waals surface area contributed by atoms with Gasteiger partial charge >= 0.3 is 12.0 Å². The largest absolute Gasteiger partial charge is 0.481 e. The molecule has 0 aliphatic carbocycles. The van der Waals surface area contributed by atoms with Gasteiger partial charge in [-0.1, -0.05) is 0 Å². The van der Waals surface area contributed by atoms with Gasteiger partial charge in [-0.15, -0.1) is 0 Å². The van der Waals surface area contributed by atoms with E-state index in [1.165, 1.54) is 0 Å². The minimum absolute atomic E-state index is 0.00637. The minimum Gasteiger partial charge on any atom is -0.481 e. The van der Waals surface area contributed by atoms with Gasteiger partial charge in [0.2, 0.25) is 0 Å². The number of carbonyl (C=O) groups excluding carboxylic acids is 1. The van der Waals surface area contributed by atoms with Crippen LogP contribution in [0.4, 0.5) is 4.79 Å². The second-order valence-electron chi connectivity index (χ2n) is 4.87. The normalized spacial score (nSPS) is 13.9. The summed E-state index contributed by atoms with van der Waals surface area (Å²) >= 11 is 0. The molecule has 2 N–H and O–H groups in total. The molecule has 0 spiro atoms. The van der Waals surface area contributed by atoms with E-state index in [-0.39, 0.29) is 24.5 Å². The second-order valence-corrected chi connectivity index (χ2v) is 6.35. The van der Waals surface area contributed by atoms with E-state index in [1.807, 2.05) is 13.8 Å². The number of hydrogen-bond donors (Lipinski definition) is 2. The van der Waals surface area contributed by atoms with Gasteiger partial charge in [-0.05, 0) is 27.2 Å². The first-order valence-electron chi connectivity index (χ1n) is 6.33. The summed E-state index contributed by atoms with van der Waals surface area (Å²) in [5, 5.41) is 11.4. The summed E-state index contributed by atoms with van der Waals surface area (Å²) in [7, 11) is -0.958. The average Bonchev–Trinajstić information content (AvgIpc) is 2.21.